The first kappa shape index (κ1) is 71.2. The van der Waals surface area contributed by atoms with Crippen molar-refractivity contribution in [1.29, 1.82) is 0 Å². The number of hydrogen-bond acceptors (Lipinski definition) is 6. The number of halogens is 2. The van der Waals surface area contributed by atoms with E-state index in [4.69, 9.17) is 18.3 Å². The molecule has 24 rings (SSSR count). The highest BCUT2D eigenvalue weighted by atomic mass is 19.1. The molecule has 0 saturated heterocycles. The minimum absolute atomic E-state index is 0.321. The van der Waals surface area contributed by atoms with Crippen LogP contribution in [0.2, 0.25) is 0 Å². The second-order valence-corrected chi connectivity index (χ2v) is 32.3. The van der Waals surface area contributed by atoms with Crippen molar-refractivity contribution in [3.8, 4) is 67.5 Å². The number of para-hydroxylation sites is 4. The lowest BCUT2D eigenvalue weighted by atomic mass is 9.67. The van der Waals surface area contributed by atoms with Crippen LogP contribution >= 0.6 is 0 Å². The summed E-state index contributed by atoms with van der Waals surface area (Å²) in [6, 6.07) is 140. The predicted molar refractivity (Wildman–Crippen MR) is 494 cm³/mol. The molecule has 20 aromatic rings. The fourth-order valence-electron chi connectivity index (χ4n) is 21.0. The van der Waals surface area contributed by atoms with Gasteiger partial charge in [-0.3, -0.25) is 0 Å². The van der Waals surface area contributed by atoms with Gasteiger partial charge in [0.15, 0.2) is 11.2 Å². The van der Waals surface area contributed by atoms with Gasteiger partial charge in [-0.05, 0) is 268 Å². The summed E-state index contributed by atoms with van der Waals surface area (Å²) in [4.78, 5) is 4.79. The molecule has 0 fully saturated rings. The molecular formula is C115H72F2N2O4. The molecule has 8 heteroatoms. The van der Waals surface area contributed by atoms with Gasteiger partial charge in [0.1, 0.15) is 45.8 Å². The number of hydrogen-bond donors (Lipinski definition) is 0. The van der Waals surface area contributed by atoms with Gasteiger partial charge in [0, 0.05) is 44.3 Å². The zero-order valence-corrected chi connectivity index (χ0v) is 66.5. The van der Waals surface area contributed by atoms with Gasteiger partial charge in [0.25, 0.3) is 0 Å². The molecule has 2 heterocycles. The molecule has 2 atom stereocenters. The van der Waals surface area contributed by atoms with Crippen molar-refractivity contribution in [2.24, 2.45) is 0 Å². The Bertz CT molecular complexity index is 7300. The molecule has 0 aliphatic heterocycles. The van der Waals surface area contributed by atoms with E-state index >= 15 is 8.78 Å². The third-order valence-corrected chi connectivity index (χ3v) is 26.2. The largest absolute Gasteiger partial charge is 0.457 e. The first-order valence-corrected chi connectivity index (χ1v) is 41.6. The summed E-state index contributed by atoms with van der Waals surface area (Å²) < 4.78 is 58.9. The number of anilines is 6. The van der Waals surface area contributed by atoms with Gasteiger partial charge < -0.3 is 28.1 Å². The Labute approximate surface area is 709 Å². The van der Waals surface area contributed by atoms with Gasteiger partial charge in [0.05, 0.1) is 27.6 Å². The molecule has 1 spiro atoms. The summed E-state index contributed by atoms with van der Waals surface area (Å²) in [6.45, 7) is 7.92. The van der Waals surface area contributed by atoms with Gasteiger partial charge in [-0.2, -0.15) is 0 Å². The molecular weight excluding hydrogens is 1510 g/mol. The van der Waals surface area contributed by atoms with E-state index in [0.717, 1.165) is 189 Å². The highest BCUT2D eigenvalue weighted by Gasteiger charge is 2.54. The van der Waals surface area contributed by atoms with E-state index in [1.807, 2.05) is 133 Å². The van der Waals surface area contributed by atoms with E-state index in [1.165, 1.54) is 11.1 Å². The topological polar surface area (TPSA) is 51.2 Å². The Balaban J connectivity index is 0.723. The van der Waals surface area contributed by atoms with Crippen LogP contribution in [0.3, 0.4) is 0 Å². The molecule has 0 radical (unpaired) electrons. The lowest BCUT2D eigenvalue weighted by Gasteiger charge is -2.35. The standard InChI is InChI=1S/C115H72F2N2O4/c1-3-71-35-55-83(56-36-71)120-85-59-43-75(44-60-85)113(73-39-47-77(116)48-40-73)99-27-11-5-19-87(99)91-63-51-79(67-103(91)113)118(107-31-17-25-97-95-23-9-15-33-109(95)122-111(97)107)81-53-65-93-89-21-7-13-29-101(89)115(105(93)69-81)102-30-14-8-22-90(102)94-66-54-82(70-106(94)115)119(108-32-18-26-98-96-24-10-16-34-110(96)123-112(98)108)80-52-64-92-88-20-6-12-28-100(88)114(104(92)68-80,74-41-49-78(117)50-42-74)76-45-61-86(62-46-76)121-84-57-37-72(4-2)38-58-84/h3-70H,1-2H2. The summed E-state index contributed by atoms with van der Waals surface area (Å²) >= 11 is 0. The number of rotatable bonds is 16. The van der Waals surface area contributed by atoms with Gasteiger partial charge in [-0.1, -0.05) is 280 Å². The van der Waals surface area contributed by atoms with E-state index in [-0.39, 0.29) is 11.6 Å². The van der Waals surface area contributed by atoms with Crippen LogP contribution in [-0.4, -0.2) is 0 Å². The van der Waals surface area contributed by atoms with E-state index in [2.05, 4.69) is 278 Å². The quantitative estimate of drug-likeness (QED) is 0.0961. The lowest BCUT2D eigenvalue weighted by Crippen LogP contribution is -2.29. The average molecular weight is 1580 g/mol. The first-order chi connectivity index (χ1) is 60.6. The van der Waals surface area contributed by atoms with Crippen LogP contribution in [0.15, 0.2) is 422 Å². The fraction of sp³-hybridized carbons (Fsp3) is 0.0261. The van der Waals surface area contributed by atoms with Gasteiger partial charge in [-0.15, -0.1) is 0 Å². The minimum atomic E-state index is -0.960. The molecule has 580 valence electrons. The maximum atomic E-state index is 15.7. The third-order valence-electron chi connectivity index (χ3n) is 26.2. The number of fused-ring (bicyclic) bond motifs is 22. The minimum Gasteiger partial charge on any atom is -0.457 e. The van der Waals surface area contributed by atoms with Crippen LogP contribution in [0.5, 0.6) is 23.0 Å². The summed E-state index contributed by atoms with van der Waals surface area (Å²) in [6.07, 6.45) is 3.64. The molecule has 6 nitrogen and oxygen atoms in total. The summed E-state index contributed by atoms with van der Waals surface area (Å²) in [5.41, 5.74) is 28.9. The van der Waals surface area contributed by atoms with Crippen molar-refractivity contribution in [3.05, 3.63) is 503 Å². The summed E-state index contributed by atoms with van der Waals surface area (Å²) in [5.74, 6) is 2.13. The van der Waals surface area contributed by atoms with Gasteiger partial charge >= 0.3 is 0 Å². The van der Waals surface area contributed by atoms with Gasteiger partial charge in [-0.25, -0.2) is 8.78 Å². The molecule has 0 saturated carbocycles. The number of ether oxygens (including phenoxy) is 2. The Hall–Kier alpha value is -15.9. The fourth-order valence-corrected chi connectivity index (χ4v) is 21.0. The third kappa shape index (κ3) is 10.6. The highest BCUT2D eigenvalue weighted by Crippen LogP contribution is 2.66. The normalized spacial score (nSPS) is 15.9. The van der Waals surface area contributed by atoms with Crippen molar-refractivity contribution in [2.75, 3.05) is 9.80 Å². The maximum Gasteiger partial charge on any atom is 0.159 e. The number of nitrogens with zero attached hydrogens (tertiary/aromatic N) is 2. The molecule has 4 aliphatic rings. The zero-order valence-electron chi connectivity index (χ0n) is 66.5. The Kier molecular flexibility index (Phi) is 16.0. The second kappa shape index (κ2) is 27.6. The molecule has 2 aromatic heterocycles. The van der Waals surface area contributed by atoms with Crippen LogP contribution in [-0.2, 0) is 16.2 Å². The summed E-state index contributed by atoms with van der Waals surface area (Å²) in [7, 11) is 0. The predicted octanol–water partition coefficient (Wildman–Crippen LogP) is 30.6. The van der Waals surface area contributed by atoms with Crippen LogP contribution in [0.1, 0.15) is 77.9 Å². The summed E-state index contributed by atoms with van der Waals surface area (Å²) in [5, 5.41) is 4.00. The first-order valence-electron chi connectivity index (χ1n) is 41.6. The van der Waals surface area contributed by atoms with Crippen LogP contribution in [0.4, 0.5) is 42.9 Å². The van der Waals surface area contributed by atoms with E-state index in [9.17, 15) is 0 Å². The Morgan fingerprint density at radius 2 is 0.512 bits per heavy atom. The SMILES string of the molecule is C=Cc1ccc(Oc2ccc(C3(c4ccc(F)cc4)c4ccccc4-c4ccc(N(c5ccc6c(c5)C5(c7ccccc7-6)c6ccccc6-c6ccc(N(c7ccc8c(c7)C(c7ccc(F)cc7)(c7ccc(Oc9ccc(C=C)cc9)cc7)c7ccccc7-8)c7cccc8c7oc7ccccc78)cc65)c5cccc6c5oc5ccccc56)cc43)cc2)cc1. The molecule has 0 bridgehead atoms. The smallest absolute Gasteiger partial charge is 0.159 e. The monoisotopic (exact) mass is 1580 g/mol. The molecule has 123 heavy (non-hydrogen) atoms. The molecule has 4 aliphatic carbocycles. The van der Waals surface area contributed by atoms with E-state index < -0.39 is 16.2 Å². The van der Waals surface area contributed by atoms with Crippen molar-refractivity contribution in [1.82, 2.24) is 0 Å². The van der Waals surface area contributed by atoms with Crippen molar-refractivity contribution >= 4 is 90.2 Å². The van der Waals surface area contributed by atoms with Crippen LogP contribution in [0.25, 0.3) is 101 Å². The molecule has 0 N–H and O–H groups in total. The maximum absolute atomic E-state index is 15.7. The Morgan fingerprint density at radius 1 is 0.244 bits per heavy atom. The van der Waals surface area contributed by atoms with Crippen molar-refractivity contribution in [3.63, 3.8) is 0 Å². The van der Waals surface area contributed by atoms with Crippen molar-refractivity contribution < 1.29 is 27.1 Å². The number of furan rings is 2. The molecule has 0 amide bonds. The zero-order chi connectivity index (χ0) is 81.8. The molecule has 18 aromatic carbocycles. The van der Waals surface area contributed by atoms with Crippen LogP contribution < -0.4 is 19.3 Å². The van der Waals surface area contributed by atoms with E-state index in [0.29, 0.717) is 23.0 Å². The van der Waals surface area contributed by atoms with Crippen LogP contribution in [0, 0.1) is 11.6 Å². The lowest BCUT2D eigenvalue weighted by molar-refractivity contribution is 0.482. The average Bonchev–Trinajstić information content (AvgIpc) is 1.51. The van der Waals surface area contributed by atoms with Gasteiger partial charge in [0.2, 0.25) is 0 Å². The highest BCUT2D eigenvalue weighted by molar-refractivity contribution is 6.13. The second-order valence-electron chi connectivity index (χ2n) is 32.3. The Morgan fingerprint density at radius 3 is 0.846 bits per heavy atom. The number of benzene rings is 18. The van der Waals surface area contributed by atoms with E-state index in [1.54, 1.807) is 24.3 Å². The van der Waals surface area contributed by atoms with Crippen molar-refractivity contribution in [2.45, 2.75) is 16.2 Å². The molecule has 2 unspecified atom stereocenters.